The van der Waals surface area contributed by atoms with Gasteiger partial charge >= 0.3 is 11.9 Å². The van der Waals surface area contributed by atoms with Gasteiger partial charge in [-0.25, -0.2) is 0 Å². The molecule has 0 bridgehead atoms. The molecule has 0 radical (unpaired) electrons. The third kappa shape index (κ3) is 5.02. The van der Waals surface area contributed by atoms with E-state index < -0.39 is 22.7 Å². The topological polar surface area (TPSA) is 120 Å². The number of fused-ring (bicyclic) bond motifs is 7. The minimum Gasteiger partial charge on any atom is -0.481 e. The number of nitrogens with zero attached hydrogens (tertiary/aromatic N) is 2. The molecular formula is C45H59ClN2O6. The molecule has 5 saturated carbocycles. The number of Topliss-reactive ketones (excluding diaryl/α,β-unsaturated/α-hetero) is 1. The zero-order valence-corrected chi connectivity index (χ0v) is 34.4. The second-order valence-corrected chi connectivity index (χ2v) is 20.9. The van der Waals surface area contributed by atoms with Crippen LogP contribution in [0.15, 0.2) is 39.8 Å². The fourth-order valence-electron chi connectivity index (χ4n) is 14.2. The quantitative estimate of drug-likeness (QED) is 0.289. The van der Waals surface area contributed by atoms with E-state index in [1.807, 2.05) is 38.1 Å². The Labute approximate surface area is 325 Å². The Morgan fingerprint density at radius 3 is 2.20 bits per heavy atom. The number of hydrogen-bond donors (Lipinski definition) is 1. The highest BCUT2D eigenvalue weighted by Gasteiger charge is 2.71. The van der Waals surface area contributed by atoms with Crippen LogP contribution in [-0.4, -0.2) is 39.1 Å². The summed E-state index contributed by atoms with van der Waals surface area (Å²) < 4.78 is 13.0. The van der Waals surface area contributed by atoms with Crippen LogP contribution in [0.3, 0.4) is 0 Å². The van der Waals surface area contributed by atoms with Crippen LogP contribution in [-0.2, 0) is 24.5 Å². The highest BCUT2D eigenvalue weighted by Crippen LogP contribution is 2.77. The molecule has 6 aliphatic rings. The van der Waals surface area contributed by atoms with Gasteiger partial charge in [0, 0.05) is 22.4 Å². The number of rotatable bonds is 6. The third-order valence-corrected chi connectivity index (χ3v) is 17.7. The van der Waals surface area contributed by atoms with Crippen LogP contribution < -0.4 is 0 Å². The van der Waals surface area contributed by atoms with Crippen molar-refractivity contribution in [3.63, 3.8) is 0 Å². The smallest absolute Gasteiger partial charge is 0.309 e. The van der Waals surface area contributed by atoms with Crippen LogP contribution in [0.4, 0.5) is 0 Å². The number of benzene rings is 1. The molecule has 0 amide bonds. The average Bonchev–Trinajstić information content (AvgIpc) is 3.70. The number of esters is 1. The predicted molar refractivity (Wildman–Crippen MR) is 206 cm³/mol. The standard InChI is InChI=1S/C45H59ClN2O6/c1-24(2)34-30(49)23-45(39-48-47-36(54-39)25-10-12-26(46)13-11-25)21-20-43(8)27(35(34)45)14-15-32-42(7)18-17-33(41(5,6)31(42)16-19-44(32,43)9)53-38(52)29-22-28(37(50)51)40(29,3)4/h10-13,24,27-29,31-33H,14-23H2,1-9H3,(H,50,51)/t27-,28+,29-,31+,32-,33+,42+,43-,44-,45-/m1/s1. The fourth-order valence-corrected chi connectivity index (χ4v) is 14.3. The van der Waals surface area contributed by atoms with Crippen LogP contribution in [0, 0.1) is 62.6 Å². The average molecular weight is 759 g/mol. The molecule has 0 spiro atoms. The lowest BCUT2D eigenvalue weighted by Gasteiger charge is -2.72. The van der Waals surface area contributed by atoms with Crippen LogP contribution in [0.5, 0.6) is 0 Å². The van der Waals surface area contributed by atoms with Gasteiger partial charge in [-0.3, -0.25) is 14.4 Å². The molecule has 0 unspecified atom stereocenters. The summed E-state index contributed by atoms with van der Waals surface area (Å²) in [5.41, 5.74) is 1.81. The number of carbonyl (C=O) groups is 3. The summed E-state index contributed by atoms with van der Waals surface area (Å²) in [6.45, 7) is 20.4. The first-order chi connectivity index (χ1) is 25.2. The van der Waals surface area contributed by atoms with Crippen LogP contribution >= 0.6 is 11.6 Å². The number of carboxylic acids is 1. The number of ether oxygens (including phenoxy) is 1. The zero-order chi connectivity index (χ0) is 39.0. The van der Waals surface area contributed by atoms with Gasteiger partial charge in [-0.2, -0.15) is 0 Å². The maximum Gasteiger partial charge on any atom is 0.309 e. The third-order valence-electron chi connectivity index (χ3n) is 17.4. The molecule has 1 heterocycles. The lowest BCUT2D eigenvalue weighted by atomic mass is 9.33. The molecule has 292 valence electrons. The number of carbonyl (C=O) groups excluding carboxylic acids is 2. The van der Waals surface area contributed by atoms with E-state index in [-0.39, 0.29) is 57.3 Å². The van der Waals surface area contributed by atoms with E-state index in [1.165, 1.54) is 5.57 Å². The summed E-state index contributed by atoms with van der Waals surface area (Å²) in [5.74, 6) is 0.564. The number of hydrogen-bond acceptors (Lipinski definition) is 7. The molecule has 54 heavy (non-hydrogen) atoms. The number of halogens is 1. The van der Waals surface area contributed by atoms with Crippen molar-refractivity contribution in [1.82, 2.24) is 10.2 Å². The molecule has 9 heteroatoms. The highest BCUT2D eigenvalue weighted by atomic mass is 35.5. The summed E-state index contributed by atoms with van der Waals surface area (Å²) in [6.07, 6.45) is 8.47. The Bertz CT molecular complexity index is 1930. The Balaban J connectivity index is 1.09. The minimum absolute atomic E-state index is 0.0174. The van der Waals surface area contributed by atoms with Gasteiger partial charge in [0.1, 0.15) is 6.10 Å². The van der Waals surface area contributed by atoms with Gasteiger partial charge < -0.3 is 14.3 Å². The van der Waals surface area contributed by atoms with E-state index >= 15 is 0 Å². The second-order valence-electron chi connectivity index (χ2n) is 20.5. The molecule has 10 atom stereocenters. The van der Waals surface area contributed by atoms with Crippen molar-refractivity contribution in [3.8, 4) is 11.5 Å². The number of aliphatic carboxylic acids is 1. The monoisotopic (exact) mass is 758 g/mol. The zero-order valence-electron chi connectivity index (χ0n) is 33.7. The highest BCUT2D eigenvalue weighted by molar-refractivity contribution is 6.30. The molecule has 6 aliphatic carbocycles. The van der Waals surface area contributed by atoms with Gasteiger partial charge in [0.15, 0.2) is 5.78 Å². The van der Waals surface area contributed by atoms with Gasteiger partial charge in [0.05, 0.1) is 17.3 Å². The van der Waals surface area contributed by atoms with Crippen molar-refractivity contribution in [2.45, 2.75) is 138 Å². The van der Waals surface area contributed by atoms with E-state index in [2.05, 4.69) is 53.6 Å². The number of aromatic nitrogens is 2. The first-order valence-corrected chi connectivity index (χ1v) is 20.9. The van der Waals surface area contributed by atoms with Gasteiger partial charge in [0.25, 0.3) is 0 Å². The summed E-state index contributed by atoms with van der Waals surface area (Å²) in [4.78, 5) is 39.6. The summed E-state index contributed by atoms with van der Waals surface area (Å²) in [6, 6.07) is 7.45. The molecule has 1 aromatic carbocycles. The Morgan fingerprint density at radius 2 is 1.56 bits per heavy atom. The van der Waals surface area contributed by atoms with E-state index in [4.69, 9.17) is 25.9 Å². The van der Waals surface area contributed by atoms with Crippen LogP contribution in [0.2, 0.25) is 5.02 Å². The number of allylic oxidation sites excluding steroid dienone is 2. The molecule has 1 N–H and O–H groups in total. The lowest BCUT2D eigenvalue weighted by Crippen LogP contribution is -2.66. The van der Waals surface area contributed by atoms with Gasteiger partial charge in [-0.15, -0.1) is 10.2 Å². The van der Waals surface area contributed by atoms with E-state index in [0.29, 0.717) is 41.5 Å². The number of carboxylic acid groups (broad SMARTS) is 1. The second kappa shape index (κ2) is 12.2. The maximum absolute atomic E-state index is 14.2. The fraction of sp³-hybridized carbons (Fsp3) is 0.711. The van der Waals surface area contributed by atoms with Crippen LogP contribution in [0.1, 0.15) is 132 Å². The first kappa shape index (κ1) is 37.9. The normalized spacial score (nSPS) is 40.6. The molecule has 0 aliphatic heterocycles. The molecule has 8 rings (SSSR count). The molecular weight excluding hydrogens is 700 g/mol. The van der Waals surface area contributed by atoms with Gasteiger partial charge in [-0.1, -0.05) is 73.9 Å². The predicted octanol–water partition coefficient (Wildman–Crippen LogP) is 10.3. The van der Waals surface area contributed by atoms with E-state index in [1.54, 1.807) is 0 Å². The van der Waals surface area contributed by atoms with Crippen molar-refractivity contribution >= 4 is 29.3 Å². The summed E-state index contributed by atoms with van der Waals surface area (Å²) in [5, 5.41) is 19.5. The van der Waals surface area contributed by atoms with Crippen molar-refractivity contribution in [3.05, 3.63) is 46.3 Å². The Kier molecular flexibility index (Phi) is 8.60. The SMILES string of the molecule is CC(C)C1=C2[C@H]3CC[C@@H]4[C@@]5(C)CC[C@H](OC(=O)[C@H]6C[C@@H](C(=O)O)C6(C)C)C(C)(C)[C@@H]5CC[C@@]4(C)[C@]3(C)CC[C@@]2(c2nnc(-c3ccc(Cl)cc3)o2)CC1=O. The van der Waals surface area contributed by atoms with Crippen LogP contribution in [0.25, 0.3) is 11.5 Å². The van der Waals surface area contributed by atoms with E-state index in [9.17, 15) is 19.5 Å². The lowest BCUT2D eigenvalue weighted by molar-refractivity contribution is -0.235. The molecule has 0 saturated heterocycles. The molecule has 8 nitrogen and oxygen atoms in total. The van der Waals surface area contributed by atoms with Crippen molar-refractivity contribution in [2.24, 2.45) is 62.6 Å². The minimum atomic E-state index is -0.829. The molecule has 1 aromatic heterocycles. The van der Waals surface area contributed by atoms with Gasteiger partial charge in [0.2, 0.25) is 11.8 Å². The Hall–Kier alpha value is -3.00. The Morgan fingerprint density at radius 1 is 0.852 bits per heavy atom. The largest absolute Gasteiger partial charge is 0.481 e. The van der Waals surface area contributed by atoms with Gasteiger partial charge in [-0.05, 0) is 139 Å². The summed E-state index contributed by atoms with van der Waals surface area (Å²) >= 11 is 6.18. The first-order valence-electron chi connectivity index (χ1n) is 20.5. The van der Waals surface area contributed by atoms with Crippen molar-refractivity contribution in [1.29, 1.82) is 0 Å². The molecule has 5 fully saturated rings. The van der Waals surface area contributed by atoms with E-state index in [0.717, 1.165) is 62.5 Å². The maximum atomic E-state index is 14.2. The number of ketones is 1. The summed E-state index contributed by atoms with van der Waals surface area (Å²) in [7, 11) is 0. The molecule has 2 aromatic rings. The van der Waals surface area contributed by atoms with Crippen molar-refractivity contribution < 1.29 is 28.6 Å². The van der Waals surface area contributed by atoms with Crippen molar-refractivity contribution in [2.75, 3.05) is 0 Å².